The number of Topliss-reactive ketones (excluding diaryl/α,β-unsaturated/α-hetero) is 1. The maximum Gasteiger partial charge on any atom is 0.227 e. The van der Waals surface area contributed by atoms with E-state index in [1.54, 1.807) is 53.4 Å². The van der Waals surface area contributed by atoms with Crippen molar-refractivity contribution in [2.45, 2.75) is 6.54 Å². The van der Waals surface area contributed by atoms with Crippen molar-refractivity contribution in [1.82, 2.24) is 0 Å². The van der Waals surface area contributed by atoms with E-state index in [9.17, 15) is 4.79 Å². The molecule has 0 radical (unpaired) electrons. The Balaban J connectivity index is 2.16. The van der Waals surface area contributed by atoms with Crippen LogP contribution in [0, 0.1) is 22.7 Å². The Hall–Kier alpha value is -2.98. The lowest BCUT2D eigenvalue weighted by Crippen LogP contribution is -2.37. The van der Waals surface area contributed by atoms with Gasteiger partial charge in [-0.2, -0.15) is 15.1 Å². The molecule has 0 N–H and O–H groups in total. The number of rotatable bonds is 3. The third kappa shape index (κ3) is 3.02. The van der Waals surface area contributed by atoms with Gasteiger partial charge in [0.2, 0.25) is 12.3 Å². The first-order valence-corrected chi connectivity index (χ1v) is 5.65. The zero-order valence-electron chi connectivity index (χ0n) is 10.1. The van der Waals surface area contributed by atoms with Gasteiger partial charge in [-0.3, -0.25) is 4.79 Å². The zero-order chi connectivity index (χ0) is 13.7. The van der Waals surface area contributed by atoms with E-state index >= 15 is 0 Å². The van der Waals surface area contributed by atoms with Gasteiger partial charge in [0.05, 0.1) is 11.6 Å². The maximum atomic E-state index is 12.0. The molecule has 0 saturated carbocycles. The molecule has 19 heavy (non-hydrogen) atoms. The van der Waals surface area contributed by atoms with Crippen LogP contribution in [0.3, 0.4) is 0 Å². The fourth-order valence-electron chi connectivity index (χ4n) is 1.67. The highest BCUT2D eigenvalue weighted by Gasteiger charge is 2.12. The molecule has 0 bridgehead atoms. The molecule has 2 aromatic rings. The van der Waals surface area contributed by atoms with Gasteiger partial charge in [0.15, 0.2) is 12.4 Å². The lowest BCUT2D eigenvalue weighted by atomic mass is 10.1. The van der Waals surface area contributed by atoms with E-state index in [1.807, 2.05) is 12.1 Å². The molecular formula is C15H10N3O+. The normalized spacial score (nSPS) is 9.37. The van der Waals surface area contributed by atoms with Gasteiger partial charge >= 0.3 is 0 Å². The fourth-order valence-corrected chi connectivity index (χ4v) is 1.67. The highest BCUT2D eigenvalue weighted by atomic mass is 16.1. The van der Waals surface area contributed by atoms with E-state index in [1.165, 1.54) is 0 Å². The topological polar surface area (TPSA) is 68.5 Å². The Labute approximate surface area is 110 Å². The van der Waals surface area contributed by atoms with Crippen molar-refractivity contribution in [3.8, 4) is 12.1 Å². The van der Waals surface area contributed by atoms with Crippen molar-refractivity contribution >= 4 is 5.78 Å². The smallest absolute Gasteiger partial charge is 0.227 e. The molecule has 4 heteroatoms. The van der Waals surface area contributed by atoms with Gasteiger partial charge in [0.25, 0.3) is 0 Å². The molecule has 0 saturated heterocycles. The SMILES string of the molecule is N#Cc1ccc(C(=O)C[n+]2cccc(C#N)c2)cc1. The molecular weight excluding hydrogens is 238 g/mol. The number of pyridine rings is 1. The van der Waals surface area contributed by atoms with E-state index in [2.05, 4.69) is 0 Å². The lowest BCUT2D eigenvalue weighted by molar-refractivity contribution is -0.683. The molecule has 0 aliphatic rings. The first-order chi connectivity index (χ1) is 9.22. The number of nitriles is 2. The number of nitrogens with zero attached hydrogens (tertiary/aromatic N) is 3. The van der Waals surface area contributed by atoms with Gasteiger partial charge < -0.3 is 0 Å². The van der Waals surface area contributed by atoms with Gasteiger partial charge in [-0.1, -0.05) is 0 Å². The van der Waals surface area contributed by atoms with Gasteiger partial charge in [-0.05, 0) is 30.3 Å². The van der Waals surface area contributed by atoms with Crippen LogP contribution in [0.25, 0.3) is 0 Å². The predicted octanol–water partition coefficient (Wildman–Crippen LogP) is 1.60. The second kappa shape index (κ2) is 5.57. The minimum atomic E-state index is -0.0652. The molecule has 2 rings (SSSR count). The average molecular weight is 248 g/mol. The van der Waals surface area contributed by atoms with E-state index in [0.717, 1.165) is 0 Å². The Morgan fingerprint density at radius 1 is 1.05 bits per heavy atom. The molecule has 0 atom stereocenters. The Morgan fingerprint density at radius 3 is 2.37 bits per heavy atom. The summed E-state index contributed by atoms with van der Waals surface area (Å²) in [5.74, 6) is -0.0652. The highest BCUT2D eigenvalue weighted by Crippen LogP contribution is 2.04. The lowest BCUT2D eigenvalue weighted by Gasteiger charge is -1.98. The summed E-state index contributed by atoms with van der Waals surface area (Å²) in [6, 6.07) is 13.9. The number of carbonyl (C=O) groups excluding carboxylic acids is 1. The zero-order valence-corrected chi connectivity index (χ0v) is 10.1. The number of benzene rings is 1. The quantitative estimate of drug-likeness (QED) is 0.612. The van der Waals surface area contributed by atoms with Crippen LogP contribution in [-0.2, 0) is 6.54 Å². The van der Waals surface area contributed by atoms with Crippen LogP contribution in [0.4, 0.5) is 0 Å². The van der Waals surface area contributed by atoms with Crippen molar-refractivity contribution in [3.63, 3.8) is 0 Å². The second-order valence-corrected chi connectivity index (χ2v) is 3.99. The van der Waals surface area contributed by atoms with Crippen LogP contribution < -0.4 is 4.57 Å². The van der Waals surface area contributed by atoms with Crippen LogP contribution in [0.2, 0.25) is 0 Å². The molecule has 0 unspecified atom stereocenters. The van der Waals surface area contributed by atoms with Crippen LogP contribution in [0.5, 0.6) is 0 Å². The van der Waals surface area contributed by atoms with Gasteiger partial charge in [-0.25, -0.2) is 0 Å². The predicted molar refractivity (Wildman–Crippen MR) is 66.8 cm³/mol. The molecule has 1 heterocycles. The van der Waals surface area contributed by atoms with Crippen molar-refractivity contribution < 1.29 is 9.36 Å². The summed E-state index contributed by atoms with van der Waals surface area (Å²) >= 11 is 0. The van der Waals surface area contributed by atoms with Gasteiger partial charge in [0.1, 0.15) is 11.6 Å². The first-order valence-electron chi connectivity index (χ1n) is 5.65. The molecule has 0 aliphatic heterocycles. The van der Waals surface area contributed by atoms with E-state index < -0.39 is 0 Å². The Bertz CT molecular complexity index is 691. The molecule has 1 aromatic heterocycles. The Morgan fingerprint density at radius 2 is 1.74 bits per heavy atom. The van der Waals surface area contributed by atoms with Crippen molar-refractivity contribution in [2.75, 3.05) is 0 Å². The van der Waals surface area contributed by atoms with E-state index in [4.69, 9.17) is 10.5 Å². The van der Waals surface area contributed by atoms with Crippen molar-refractivity contribution in [1.29, 1.82) is 10.5 Å². The molecule has 1 aromatic carbocycles. The number of hydrogen-bond donors (Lipinski definition) is 0. The van der Waals surface area contributed by atoms with Crippen LogP contribution >= 0.6 is 0 Å². The molecule has 0 fully saturated rings. The van der Waals surface area contributed by atoms with Gasteiger partial charge in [-0.15, -0.1) is 0 Å². The van der Waals surface area contributed by atoms with Crippen LogP contribution in [0.1, 0.15) is 21.5 Å². The van der Waals surface area contributed by atoms with Crippen molar-refractivity contribution in [2.24, 2.45) is 0 Å². The summed E-state index contributed by atoms with van der Waals surface area (Å²) in [6.45, 7) is 0.168. The summed E-state index contributed by atoms with van der Waals surface area (Å²) in [6.07, 6.45) is 3.37. The van der Waals surface area contributed by atoms with Crippen LogP contribution in [-0.4, -0.2) is 5.78 Å². The van der Waals surface area contributed by atoms with E-state index in [0.29, 0.717) is 16.7 Å². The summed E-state index contributed by atoms with van der Waals surface area (Å²) in [4.78, 5) is 12.0. The van der Waals surface area contributed by atoms with Crippen molar-refractivity contribution in [3.05, 3.63) is 65.5 Å². The standard InChI is InChI=1S/C15H10N3O/c16-8-12-3-5-14(6-4-12)15(19)11-18-7-1-2-13(9-17)10-18/h1-7,10H,11H2/q+1. The molecule has 0 aliphatic carbocycles. The summed E-state index contributed by atoms with van der Waals surface area (Å²) in [7, 11) is 0. The third-order valence-electron chi connectivity index (χ3n) is 2.65. The summed E-state index contributed by atoms with van der Waals surface area (Å²) in [5.41, 5.74) is 1.58. The minimum absolute atomic E-state index is 0.0652. The number of ketones is 1. The highest BCUT2D eigenvalue weighted by molar-refractivity contribution is 5.95. The molecule has 0 amide bonds. The molecule has 90 valence electrons. The summed E-state index contributed by atoms with van der Waals surface area (Å²) < 4.78 is 1.67. The average Bonchev–Trinajstić information content (AvgIpc) is 2.47. The van der Waals surface area contributed by atoms with Crippen LogP contribution in [0.15, 0.2) is 48.8 Å². The molecule has 4 nitrogen and oxygen atoms in total. The number of hydrogen-bond acceptors (Lipinski definition) is 3. The van der Waals surface area contributed by atoms with Gasteiger partial charge in [0, 0.05) is 11.6 Å². The molecule has 0 spiro atoms. The first kappa shape index (κ1) is 12.5. The van der Waals surface area contributed by atoms with E-state index in [-0.39, 0.29) is 12.3 Å². The number of aromatic nitrogens is 1. The Kier molecular flexibility index (Phi) is 3.66. The number of carbonyl (C=O) groups is 1. The summed E-state index contributed by atoms with van der Waals surface area (Å²) in [5, 5.41) is 17.5. The monoisotopic (exact) mass is 248 g/mol. The maximum absolute atomic E-state index is 12.0. The second-order valence-electron chi connectivity index (χ2n) is 3.99. The largest absolute Gasteiger partial charge is 0.287 e. The third-order valence-corrected chi connectivity index (χ3v) is 2.65. The fraction of sp³-hybridized carbons (Fsp3) is 0.0667. The minimum Gasteiger partial charge on any atom is -0.287 e.